The second-order valence-corrected chi connectivity index (χ2v) is 9.42. The van der Waals surface area contributed by atoms with Gasteiger partial charge >= 0.3 is 0 Å². The Balaban J connectivity index is 1.82. The Morgan fingerprint density at radius 1 is 1.19 bits per heavy atom. The van der Waals surface area contributed by atoms with Gasteiger partial charge in [0.15, 0.2) is 5.58 Å². The van der Waals surface area contributed by atoms with E-state index in [0.717, 1.165) is 9.87 Å². The molecular formula is C21H26N4O5S. The molecule has 0 spiro atoms. The number of carbonyl (C=O) groups excluding carboxylic acids is 1. The maximum Gasteiger partial charge on any atom is 0.292 e. The molecule has 0 aliphatic carbocycles. The van der Waals surface area contributed by atoms with Crippen LogP contribution in [-0.4, -0.2) is 47.9 Å². The standard InChI is InChI=1S/C21H26N4O5S/c1-14(20(22)27)12-25(13-16(26)8-7-15-5-3-2-4-6-15)31(28,29)17-9-10-18-19(11-17)30-21(23)24-18/h2-6,9-11,14,16,26H,7-8,12-13H2,1H3,(H2,22,27)(H2,23,24). The highest BCUT2D eigenvalue weighted by Crippen LogP contribution is 2.24. The van der Waals surface area contributed by atoms with Gasteiger partial charge in [0, 0.05) is 25.1 Å². The number of oxazole rings is 1. The van der Waals surface area contributed by atoms with E-state index in [2.05, 4.69) is 4.98 Å². The smallest absolute Gasteiger partial charge is 0.292 e. The minimum absolute atomic E-state index is 0.0527. The Morgan fingerprint density at radius 3 is 2.58 bits per heavy atom. The fraction of sp³-hybridized carbons (Fsp3) is 0.333. The quantitative estimate of drug-likeness (QED) is 0.427. The van der Waals surface area contributed by atoms with E-state index >= 15 is 0 Å². The van der Waals surface area contributed by atoms with Gasteiger partial charge in [0.25, 0.3) is 6.01 Å². The maximum absolute atomic E-state index is 13.3. The molecule has 0 saturated heterocycles. The number of rotatable bonds is 10. The molecule has 0 saturated carbocycles. The minimum Gasteiger partial charge on any atom is -0.424 e. The van der Waals surface area contributed by atoms with E-state index in [1.54, 1.807) is 6.92 Å². The summed E-state index contributed by atoms with van der Waals surface area (Å²) in [6, 6.07) is 13.7. The third-order valence-electron chi connectivity index (χ3n) is 5.00. The van der Waals surface area contributed by atoms with Gasteiger partial charge < -0.3 is 21.0 Å². The molecule has 2 atom stereocenters. The summed E-state index contributed by atoms with van der Waals surface area (Å²) in [6.07, 6.45) is 0.0168. The topological polar surface area (TPSA) is 153 Å². The van der Waals surface area contributed by atoms with Crippen LogP contribution in [0.15, 0.2) is 57.8 Å². The molecule has 5 N–H and O–H groups in total. The number of amides is 1. The molecular weight excluding hydrogens is 420 g/mol. The summed E-state index contributed by atoms with van der Waals surface area (Å²) in [6.45, 7) is 1.21. The number of carbonyl (C=O) groups is 1. The van der Waals surface area contributed by atoms with Crippen LogP contribution in [0.25, 0.3) is 11.1 Å². The van der Waals surface area contributed by atoms with Crippen molar-refractivity contribution in [3.8, 4) is 0 Å². The zero-order chi connectivity index (χ0) is 22.6. The number of aliphatic hydroxyl groups excluding tert-OH is 1. The molecule has 3 aromatic rings. The molecule has 10 heteroatoms. The molecule has 0 radical (unpaired) electrons. The number of nitrogen functional groups attached to an aromatic ring is 1. The highest BCUT2D eigenvalue weighted by molar-refractivity contribution is 7.89. The van der Waals surface area contributed by atoms with E-state index in [0.29, 0.717) is 18.4 Å². The molecule has 166 valence electrons. The number of anilines is 1. The Kier molecular flexibility index (Phi) is 6.94. The molecule has 31 heavy (non-hydrogen) atoms. The van der Waals surface area contributed by atoms with Gasteiger partial charge in [0.2, 0.25) is 15.9 Å². The van der Waals surface area contributed by atoms with Gasteiger partial charge in [-0.1, -0.05) is 37.3 Å². The van der Waals surface area contributed by atoms with Crippen LogP contribution in [0.4, 0.5) is 6.01 Å². The molecule has 9 nitrogen and oxygen atoms in total. The number of aryl methyl sites for hydroxylation is 1. The SMILES string of the molecule is CC(CN(CC(O)CCc1ccccc1)S(=O)(=O)c1ccc2nc(N)oc2c1)C(N)=O. The predicted molar refractivity (Wildman–Crippen MR) is 116 cm³/mol. The number of benzene rings is 2. The molecule has 1 amide bonds. The molecule has 3 rings (SSSR count). The van der Waals surface area contributed by atoms with Gasteiger partial charge in [0.1, 0.15) is 5.52 Å². The van der Waals surface area contributed by atoms with Gasteiger partial charge in [-0.05, 0) is 30.5 Å². The highest BCUT2D eigenvalue weighted by Gasteiger charge is 2.30. The molecule has 1 aromatic heterocycles. The van der Waals surface area contributed by atoms with E-state index in [4.69, 9.17) is 15.9 Å². The lowest BCUT2D eigenvalue weighted by Crippen LogP contribution is -2.42. The van der Waals surface area contributed by atoms with Crippen LogP contribution in [0, 0.1) is 5.92 Å². The van der Waals surface area contributed by atoms with Crippen molar-refractivity contribution in [2.75, 3.05) is 18.8 Å². The molecule has 2 aromatic carbocycles. The number of aliphatic hydroxyl groups is 1. The lowest BCUT2D eigenvalue weighted by atomic mass is 10.1. The Morgan fingerprint density at radius 2 is 1.90 bits per heavy atom. The fourth-order valence-electron chi connectivity index (χ4n) is 3.20. The molecule has 0 aliphatic rings. The van der Waals surface area contributed by atoms with Crippen LogP contribution in [-0.2, 0) is 21.2 Å². The van der Waals surface area contributed by atoms with E-state index in [-0.39, 0.29) is 29.6 Å². The third kappa shape index (κ3) is 5.60. The number of fused-ring (bicyclic) bond motifs is 1. The summed E-state index contributed by atoms with van der Waals surface area (Å²) >= 11 is 0. The number of hydrogen-bond donors (Lipinski definition) is 3. The van der Waals surface area contributed by atoms with E-state index < -0.39 is 28.0 Å². The van der Waals surface area contributed by atoms with Gasteiger partial charge in [-0.25, -0.2) is 8.42 Å². The number of nitrogens with two attached hydrogens (primary N) is 2. The lowest BCUT2D eigenvalue weighted by molar-refractivity contribution is -0.121. The first-order valence-electron chi connectivity index (χ1n) is 9.84. The summed E-state index contributed by atoms with van der Waals surface area (Å²) in [5.74, 6) is -1.36. The number of aromatic nitrogens is 1. The van der Waals surface area contributed by atoms with Crippen molar-refractivity contribution < 1.29 is 22.7 Å². The van der Waals surface area contributed by atoms with Crippen LogP contribution < -0.4 is 11.5 Å². The fourth-order valence-corrected chi connectivity index (χ4v) is 4.79. The van der Waals surface area contributed by atoms with Crippen LogP contribution in [0.1, 0.15) is 18.9 Å². The second kappa shape index (κ2) is 9.46. The Labute approximate surface area is 180 Å². The van der Waals surface area contributed by atoms with Crippen LogP contribution in [0.5, 0.6) is 0 Å². The van der Waals surface area contributed by atoms with Crippen LogP contribution >= 0.6 is 0 Å². The van der Waals surface area contributed by atoms with Crippen LogP contribution in [0.3, 0.4) is 0 Å². The summed E-state index contributed by atoms with van der Waals surface area (Å²) < 4.78 is 33.0. The Bertz CT molecular complexity index is 1150. The van der Waals surface area contributed by atoms with Crippen molar-refractivity contribution in [1.82, 2.24) is 9.29 Å². The van der Waals surface area contributed by atoms with Crippen molar-refractivity contribution in [3.05, 3.63) is 54.1 Å². The molecule has 0 aliphatic heterocycles. The Hall–Kier alpha value is -2.95. The molecule has 2 unspecified atom stereocenters. The zero-order valence-corrected chi connectivity index (χ0v) is 18.0. The summed E-state index contributed by atoms with van der Waals surface area (Å²) in [5.41, 5.74) is 12.6. The molecule has 0 fully saturated rings. The van der Waals surface area contributed by atoms with Crippen molar-refractivity contribution in [2.24, 2.45) is 11.7 Å². The molecule has 0 bridgehead atoms. The minimum atomic E-state index is -4.05. The number of nitrogens with zero attached hydrogens (tertiary/aromatic N) is 2. The first kappa shape index (κ1) is 22.7. The second-order valence-electron chi connectivity index (χ2n) is 7.49. The number of sulfonamides is 1. The summed E-state index contributed by atoms with van der Waals surface area (Å²) in [7, 11) is -4.05. The average Bonchev–Trinajstić information content (AvgIpc) is 3.11. The van der Waals surface area contributed by atoms with Gasteiger partial charge in [-0.3, -0.25) is 4.79 Å². The summed E-state index contributed by atoms with van der Waals surface area (Å²) in [4.78, 5) is 15.5. The van der Waals surface area contributed by atoms with Crippen molar-refractivity contribution in [1.29, 1.82) is 0 Å². The van der Waals surface area contributed by atoms with Gasteiger partial charge in [0.05, 0.1) is 11.0 Å². The first-order valence-corrected chi connectivity index (χ1v) is 11.3. The maximum atomic E-state index is 13.3. The van der Waals surface area contributed by atoms with Gasteiger partial charge in [-0.2, -0.15) is 9.29 Å². The summed E-state index contributed by atoms with van der Waals surface area (Å²) in [5, 5.41) is 10.6. The third-order valence-corrected chi connectivity index (χ3v) is 6.83. The average molecular weight is 447 g/mol. The van der Waals surface area contributed by atoms with E-state index in [9.17, 15) is 18.3 Å². The van der Waals surface area contributed by atoms with Crippen molar-refractivity contribution in [2.45, 2.75) is 30.8 Å². The highest BCUT2D eigenvalue weighted by atomic mass is 32.2. The zero-order valence-electron chi connectivity index (χ0n) is 17.1. The predicted octanol–water partition coefficient (Wildman–Crippen LogP) is 1.52. The normalized spacial score (nSPS) is 14.0. The lowest BCUT2D eigenvalue weighted by Gasteiger charge is -2.26. The largest absolute Gasteiger partial charge is 0.424 e. The first-order chi connectivity index (χ1) is 14.7. The van der Waals surface area contributed by atoms with E-state index in [1.165, 1.54) is 18.2 Å². The van der Waals surface area contributed by atoms with Crippen molar-refractivity contribution in [3.63, 3.8) is 0 Å². The molecule has 1 heterocycles. The van der Waals surface area contributed by atoms with Crippen LogP contribution in [0.2, 0.25) is 0 Å². The van der Waals surface area contributed by atoms with E-state index in [1.807, 2.05) is 30.3 Å². The number of hydrogen-bond acceptors (Lipinski definition) is 7. The monoisotopic (exact) mass is 446 g/mol. The number of primary amides is 1. The van der Waals surface area contributed by atoms with Gasteiger partial charge in [-0.15, -0.1) is 0 Å². The van der Waals surface area contributed by atoms with Crippen molar-refractivity contribution >= 4 is 33.0 Å².